The zero-order chi connectivity index (χ0) is 21.6. The fourth-order valence-electron chi connectivity index (χ4n) is 3.35. The minimum Gasteiger partial charge on any atom is -0.480 e. The van der Waals surface area contributed by atoms with E-state index in [2.05, 4.69) is 16.8 Å². The predicted octanol–water partition coefficient (Wildman–Crippen LogP) is 4.91. The molecule has 0 saturated heterocycles. The van der Waals surface area contributed by atoms with Crippen LogP contribution in [0, 0.1) is 18.8 Å². The normalized spacial score (nSPS) is 11.5. The highest BCUT2D eigenvalue weighted by Gasteiger charge is 2.18. The van der Waals surface area contributed by atoms with Gasteiger partial charge in [0.1, 0.15) is 11.8 Å². The van der Waals surface area contributed by atoms with Gasteiger partial charge in [-0.2, -0.15) is 0 Å². The Morgan fingerprint density at radius 1 is 1.06 bits per heavy atom. The molecule has 2 aromatic heterocycles. The van der Waals surface area contributed by atoms with E-state index < -0.39 is 12.0 Å². The molecule has 5 heteroatoms. The highest BCUT2D eigenvalue weighted by Crippen LogP contribution is 2.21. The third kappa shape index (κ3) is 4.93. The van der Waals surface area contributed by atoms with E-state index in [0.717, 1.165) is 28.1 Å². The van der Waals surface area contributed by atoms with Gasteiger partial charge >= 0.3 is 5.97 Å². The van der Waals surface area contributed by atoms with Crippen LogP contribution in [0.25, 0.3) is 11.5 Å². The second kappa shape index (κ2) is 9.19. The van der Waals surface area contributed by atoms with Gasteiger partial charge in [-0.1, -0.05) is 42.2 Å². The Morgan fingerprint density at radius 3 is 2.45 bits per heavy atom. The molecule has 0 radical (unpaired) electrons. The van der Waals surface area contributed by atoms with Crippen LogP contribution >= 0.6 is 0 Å². The van der Waals surface area contributed by atoms with Gasteiger partial charge in [0.2, 0.25) is 5.89 Å². The molecule has 2 aromatic carbocycles. The Morgan fingerprint density at radius 2 is 1.77 bits per heavy atom. The molecule has 1 atom stereocenters. The van der Waals surface area contributed by atoms with Crippen molar-refractivity contribution in [3.8, 4) is 23.3 Å². The van der Waals surface area contributed by atoms with Crippen LogP contribution in [0.1, 0.15) is 28.6 Å². The quantitative estimate of drug-likeness (QED) is 0.459. The van der Waals surface area contributed by atoms with Gasteiger partial charge < -0.3 is 14.1 Å². The lowest BCUT2D eigenvalue weighted by atomic mass is 10.0. The first kappa shape index (κ1) is 20.2. The van der Waals surface area contributed by atoms with Crippen molar-refractivity contribution in [1.29, 1.82) is 0 Å². The Balaban J connectivity index is 1.41. The molecule has 0 bridgehead atoms. The molecule has 4 rings (SSSR count). The second-order valence-electron chi connectivity index (χ2n) is 7.25. The van der Waals surface area contributed by atoms with E-state index in [4.69, 9.17) is 4.42 Å². The average molecular weight is 410 g/mol. The fourth-order valence-corrected chi connectivity index (χ4v) is 3.35. The van der Waals surface area contributed by atoms with Crippen LogP contribution in [0.2, 0.25) is 0 Å². The van der Waals surface area contributed by atoms with E-state index in [1.54, 1.807) is 17.0 Å². The summed E-state index contributed by atoms with van der Waals surface area (Å²) in [6.07, 6.45) is 4.46. The smallest absolute Gasteiger partial charge is 0.327 e. The zero-order valence-electron chi connectivity index (χ0n) is 17.2. The van der Waals surface area contributed by atoms with E-state index in [1.165, 1.54) is 0 Å². The standard InChI is InChI=1S/C26H22N2O3/c1-19-23(27-25(31-19)22-9-3-2-4-10-22)11-7-8-20-12-14-21(15-13-20)18-24(26(29)30)28-16-5-6-17-28/h2-6,9-10,12-17,24H,11,18H2,1H3,(H,29,30)/t24-/m0/s1. The lowest BCUT2D eigenvalue weighted by Crippen LogP contribution is -2.20. The number of nitrogens with zero attached hydrogens (tertiary/aromatic N) is 2. The molecule has 0 fully saturated rings. The molecule has 4 aromatic rings. The van der Waals surface area contributed by atoms with E-state index in [0.29, 0.717) is 18.7 Å². The monoisotopic (exact) mass is 410 g/mol. The molecule has 1 N–H and O–H groups in total. The second-order valence-corrected chi connectivity index (χ2v) is 7.25. The van der Waals surface area contributed by atoms with Gasteiger partial charge in [-0.25, -0.2) is 9.78 Å². The molecule has 2 heterocycles. The Hall–Kier alpha value is -4.04. The van der Waals surface area contributed by atoms with Crippen LogP contribution in [0.4, 0.5) is 0 Å². The van der Waals surface area contributed by atoms with Gasteiger partial charge in [-0.05, 0) is 48.9 Å². The van der Waals surface area contributed by atoms with Gasteiger partial charge in [0.25, 0.3) is 0 Å². The highest BCUT2D eigenvalue weighted by molar-refractivity contribution is 5.72. The zero-order valence-corrected chi connectivity index (χ0v) is 17.2. The molecule has 0 unspecified atom stereocenters. The van der Waals surface area contributed by atoms with Crippen molar-refractivity contribution in [2.45, 2.75) is 25.8 Å². The maximum Gasteiger partial charge on any atom is 0.327 e. The number of carboxylic acid groups (broad SMARTS) is 1. The molecular formula is C26H22N2O3. The minimum atomic E-state index is -0.849. The third-order valence-corrected chi connectivity index (χ3v) is 5.06. The molecule has 0 aliphatic heterocycles. The molecular weight excluding hydrogens is 388 g/mol. The number of carboxylic acids is 1. The van der Waals surface area contributed by atoms with Crippen LogP contribution in [0.3, 0.4) is 0 Å². The largest absolute Gasteiger partial charge is 0.480 e. The summed E-state index contributed by atoms with van der Waals surface area (Å²) in [4.78, 5) is 16.2. The molecule has 0 saturated carbocycles. The number of benzene rings is 2. The van der Waals surface area contributed by atoms with Crippen molar-refractivity contribution in [2.75, 3.05) is 0 Å². The highest BCUT2D eigenvalue weighted by atomic mass is 16.4. The van der Waals surface area contributed by atoms with Crippen LogP contribution in [0.15, 0.2) is 83.5 Å². The Kier molecular flexibility index (Phi) is 6.00. The third-order valence-electron chi connectivity index (χ3n) is 5.06. The molecule has 0 aliphatic rings. The molecule has 31 heavy (non-hydrogen) atoms. The maximum absolute atomic E-state index is 11.6. The summed E-state index contributed by atoms with van der Waals surface area (Å²) in [7, 11) is 0. The van der Waals surface area contributed by atoms with Crippen molar-refractivity contribution < 1.29 is 14.3 Å². The van der Waals surface area contributed by atoms with Crippen LogP contribution in [0.5, 0.6) is 0 Å². The van der Waals surface area contributed by atoms with Crippen molar-refractivity contribution >= 4 is 5.97 Å². The summed E-state index contributed by atoms with van der Waals surface area (Å²) < 4.78 is 7.49. The number of carbonyl (C=O) groups is 1. The van der Waals surface area contributed by atoms with Gasteiger partial charge in [-0.15, -0.1) is 0 Å². The van der Waals surface area contributed by atoms with Crippen LogP contribution < -0.4 is 0 Å². The van der Waals surface area contributed by atoms with E-state index in [9.17, 15) is 9.90 Å². The average Bonchev–Trinajstić information content (AvgIpc) is 3.44. The summed E-state index contributed by atoms with van der Waals surface area (Å²) in [5, 5.41) is 9.53. The molecule has 0 spiro atoms. The summed E-state index contributed by atoms with van der Waals surface area (Å²) >= 11 is 0. The number of hydrogen-bond acceptors (Lipinski definition) is 3. The number of aryl methyl sites for hydroxylation is 1. The number of aromatic nitrogens is 2. The topological polar surface area (TPSA) is 68.3 Å². The van der Waals surface area contributed by atoms with Gasteiger partial charge in [0, 0.05) is 29.9 Å². The maximum atomic E-state index is 11.6. The SMILES string of the molecule is Cc1oc(-c2ccccc2)nc1CC#Cc1ccc(C[C@@H](C(=O)O)n2cccc2)cc1. The lowest BCUT2D eigenvalue weighted by molar-refractivity contribution is -0.140. The van der Waals surface area contributed by atoms with Crippen molar-refractivity contribution in [3.05, 3.63) is 102 Å². The Labute approximate surface area is 181 Å². The first-order valence-corrected chi connectivity index (χ1v) is 10.0. The summed E-state index contributed by atoms with van der Waals surface area (Å²) in [5.74, 6) is 6.83. The number of hydrogen-bond donors (Lipinski definition) is 1. The summed E-state index contributed by atoms with van der Waals surface area (Å²) in [5.41, 5.74) is 3.60. The van der Waals surface area contributed by atoms with Crippen molar-refractivity contribution in [3.63, 3.8) is 0 Å². The van der Waals surface area contributed by atoms with Gasteiger partial charge in [0.15, 0.2) is 0 Å². The van der Waals surface area contributed by atoms with Crippen molar-refractivity contribution in [2.24, 2.45) is 0 Å². The number of rotatable bonds is 6. The molecule has 0 aliphatic carbocycles. The van der Waals surface area contributed by atoms with Gasteiger partial charge in [-0.3, -0.25) is 0 Å². The molecule has 154 valence electrons. The minimum absolute atomic E-state index is 0.415. The van der Waals surface area contributed by atoms with Crippen LogP contribution in [-0.4, -0.2) is 20.6 Å². The molecule has 0 amide bonds. The summed E-state index contributed by atoms with van der Waals surface area (Å²) in [6, 6.07) is 20.5. The Bertz CT molecular complexity index is 1210. The summed E-state index contributed by atoms with van der Waals surface area (Å²) in [6.45, 7) is 1.90. The molecule has 5 nitrogen and oxygen atoms in total. The van der Waals surface area contributed by atoms with Crippen molar-refractivity contribution in [1.82, 2.24) is 9.55 Å². The lowest BCUT2D eigenvalue weighted by Gasteiger charge is -2.14. The van der Waals surface area contributed by atoms with Crippen LogP contribution in [-0.2, 0) is 17.6 Å². The van der Waals surface area contributed by atoms with E-state index >= 15 is 0 Å². The number of aliphatic carboxylic acids is 1. The van der Waals surface area contributed by atoms with E-state index in [1.807, 2.05) is 73.7 Å². The number of oxazole rings is 1. The fraction of sp³-hybridized carbons (Fsp3) is 0.154. The van der Waals surface area contributed by atoms with E-state index in [-0.39, 0.29) is 0 Å². The first-order chi connectivity index (χ1) is 15.1. The van der Waals surface area contributed by atoms with Gasteiger partial charge in [0.05, 0.1) is 12.1 Å². The predicted molar refractivity (Wildman–Crippen MR) is 119 cm³/mol. The first-order valence-electron chi connectivity index (χ1n) is 10.0.